The van der Waals surface area contributed by atoms with Gasteiger partial charge in [0.25, 0.3) is 5.69 Å². The Bertz CT molecular complexity index is 1660. The molecule has 212 valence electrons. The second-order valence-corrected chi connectivity index (χ2v) is 10.3. The van der Waals surface area contributed by atoms with Crippen LogP contribution in [0, 0.1) is 17.0 Å². The normalized spacial score (nSPS) is 12.7. The first kappa shape index (κ1) is 27.8. The molecule has 1 aliphatic rings. The number of rotatable bonds is 10. The van der Waals surface area contributed by atoms with E-state index in [4.69, 9.17) is 9.72 Å². The number of nitrogens with one attached hydrogen (secondary N) is 2. The molecule has 0 amide bonds. The highest BCUT2D eigenvalue weighted by molar-refractivity contribution is 5.99. The summed E-state index contributed by atoms with van der Waals surface area (Å²) in [7, 11) is 5.22. The van der Waals surface area contributed by atoms with Crippen molar-refractivity contribution in [2.75, 3.05) is 44.9 Å². The molecule has 0 saturated heterocycles. The van der Waals surface area contributed by atoms with Crippen LogP contribution in [0.25, 0.3) is 28.2 Å². The quantitative estimate of drug-likeness (QED) is 0.118. The monoisotopic (exact) mass is 555 g/mol. The van der Waals surface area contributed by atoms with Gasteiger partial charge >= 0.3 is 5.97 Å². The lowest BCUT2D eigenvalue weighted by Crippen LogP contribution is -2.21. The van der Waals surface area contributed by atoms with E-state index in [9.17, 15) is 14.9 Å². The number of carbonyl (C=O) groups is 1. The molecule has 0 radical (unpaired) electrons. The van der Waals surface area contributed by atoms with Gasteiger partial charge in [-0.2, -0.15) is 0 Å². The fourth-order valence-corrected chi connectivity index (χ4v) is 5.12. The highest BCUT2D eigenvalue weighted by Crippen LogP contribution is 2.37. The van der Waals surface area contributed by atoms with E-state index in [1.54, 1.807) is 18.3 Å². The fraction of sp³-hybridized carbons (Fsp3) is 0.300. The van der Waals surface area contributed by atoms with Crippen LogP contribution in [-0.4, -0.2) is 64.6 Å². The number of para-hydroxylation sites is 1. The molecule has 2 aromatic carbocycles. The number of aromatic nitrogens is 3. The first-order valence-electron chi connectivity index (χ1n) is 13.4. The van der Waals surface area contributed by atoms with Crippen LogP contribution < -0.4 is 10.6 Å². The van der Waals surface area contributed by atoms with Gasteiger partial charge in [-0.3, -0.25) is 10.1 Å². The smallest absolute Gasteiger partial charge is 0.330 e. The lowest BCUT2D eigenvalue weighted by Gasteiger charge is -2.15. The van der Waals surface area contributed by atoms with Gasteiger partial charge < -0.3 is 24.8 Å². The number of esters is 1. The molecule has 0 fully saturated rings. The van der Waals surface area contributed by atoms with Crippen LogP contribution in [-0.2, 0) is 22.5 Å². The maximum atomic E-state index is 11.9. The van der Waals surface area contributed by atoms with E-state index in [0.717, 1.165) is 42.4 Å². The summed E-state index contributed by atoms with van der Waals surface area (Å²) in [5, 5.41) is 19.3. The predicted octanol–water partition coefficient (Wildman–Crippen LogP) is 5.16. The number of nitro benzene ring substituents is 1. The number of nitro groups is 1. The minimum absolute atomic E-state index is 0.0382. The summed E-state index contributed by atoms with van der Waals surface area (Å²) in [4.78, 5) is 34.7. The van der Waals surface area contributed by atoms with Crippen LogP contribution in [0.3, 0.4) is 0 Å². The molecule has 3 heterocycles. The number of nitrogens with zero attached hydrogens (tertiary/aromatic N) is 5. The van der Waals surface area contributed by atoms with Crippen molar-refractivity contribution in [3.05, 3.63) is 75.6 Å². The molecule has 0 bridgehead atoms. The average molecular weight is 556 g/mol. The van der Waals surface area contributed by atoms with E-state index in [0.29, 0.717) is 29.2 Å². The first-order valence-corrected chi connectivity index (χ1v) is 13.4. The van der Waals surface area contributed by atoms with Gasteiger partial charge in [0.1, 0.15) is 5.69 Å². The van der Waals surface area contributed by atoms with Crippen molar-refractivity contribution in [2.45, 2.75) is 26.3 Å². The zero-order valence-corrected chi connectivity index (χ0v) is 23.6. The lowest BCUT2D eigenvalue weighted by atomic mass is 10.0. The molecular formula is C30H33N7O4. The first-order chi connectivity index (χ1) is 19.7. The summed E-state index contributed by atoms with van der Waals surface area (Å²) in [6.07, 6.45) is 8.79. The molecular weight excluding hydrogens is 522 g/mol. The zero-order chi connectivity index (χ0) is 29.1. The SMILES string of the molecule is COC(=O)/C=C/c1cnc(Nc2cc([N+](=O)[O-])c(NCCN(C)C)cc2C)nc1-c1cn2c3c(cccc13)CCC2. The molecule has 0 unspecified atom stereocenters. The van der Waals surface area contributed by atoms with Crippen LogP contribution >= 0.6 is 0 Å². The van der Waals surface area contributed by atoms with Gasteiger partial charge in [0, 0.05) is 60.7 Å². The number of likely N-dealkylation sites (N-methyl/N-ethyl adjacent to an activating group) is 1. The fourth-order valence-electron chi connectivity index (χ4n) is 5.12. The highest BCUT2D eigenvalue weighted by atomic mass is 16.6. The minimum atomic E-state index is -0.483. The molecule has 0 spiro atoms. The van der Waals surface area contributed by atoms with Crippen molar-refractivity contribution in [1.82, 2.24) is 19.4 Å². The van der Waals surface area contributed by atoms with Crippen molar-refractivity contribution < 1.29 is 14.5 Å². The van der Waals surface area contributed by atoms with Crippen LogP contribution in [0.2, 0.25) is 0 Å². The van der Waals surface area contributed by atoms with E-state index in [1.807, 2.05) is 25.9 Å². The Hall–Kier alpha value is -4.77. The molecule has 0 atom stereocenters. The third kappa shape index (κ3) is 5.90. The maximum absolute atomic E-state index is 11.9. The number of hydrogen-bond donors (Lipinski definition) is 2. The Kier molecular flexibility index (Phi) is 7.97. The molecule has 4 aromatic rings. The Balaban J connectivity index is 1.56. The summed E-state index contributed by atoms with van der Waals surface area (Å²) in [6, 6.07) is 9.55. The number of hydrogen-bond acceptors (Lipinski definition) is 9. The zero-order valence-electron chi connectivity index (χ0n) is 23.6. The van der Waals surface area contributed by atoms with Gasteiger partial charge in [0.2, 0.25) is 5.95 Å². The van der Waals surface area contributed by atoms with Gasteiger partial charge in [0.05, 0.1) is 28.9 Å². The Labute approximate surface area is 238 Å². The van der Waals surface area contributed by atoms with Crippen molar-refractivity contribution >= 4 is 46.0 Å². The Morgan fingerprint density at radius 2 is 2.10 bits per heavy atom. The van der Waals surface area contributed by atoms with E-state index >= 15 is 0 Å². The van der Waals surface area contributed by atoms with Gasteiger partial charge in [-0.25, -0.2) is 14.8 Å². The van der Waals surface area contributed by atoms with E-state index in [1.165, 1.54) is 30.3 Å². The number of carbonyl (C=O) groups excluding carboxylic acids is 1. The molecule has 1 aliphatic heterocycles. The van der Waals surface area contributed by atoms with Crippen LogP contribution in [0.1, 0.15) is 23.1 Å². The number of anilines is 3. The van der Waals surface area contributed by atoms with Gasteiger partial charge in [-0.15, -0.1) is 0 Å². The summed E-state index contributed by atoms with van der Waals surface area (Å²) in [6.45, 7) is 4.10. The number of aryl methyl sites for hydroxylation is 3. The molecule has 2 N–H and O–H groups in total. The van der Waals surface area contributed by atoms with E-state index < -0.39 is 10.9 Å². The molecule has 5 rings (SSSR count). The van der Waals surface area contributed by atoms with Gasteiger partial charge in [-0.05, 0) is 57.1 Å². The lowest BCUT2D eigenvalue weighted by molar-refractivity contribution is -0.383. The summed E-state index contributed by atoms with van der Waals surface area (Å²) >= 11 is 0. The highest BCUT2D eigenvalue weighted by Gasteiger charge is 2.21. The molecule has 0 aliphatic carbocycles. The second kappa shape index (κ2) is 11.8. The number of methoxy groups -OCH3 is 1. The molecule has 41 heavy (non-hydrogen) atoms. The molecule has 0 saturated carbocycles. The van der Waals surface area contributed by atoms with Crippen molar-refractivity contribution in [3.63, 3.8) is 0 Å². The van der Waals surface area contributed by atoms with E-state index in [-0.39, 0.29) is 11.6 Å². The minimum Gasteiger partial charge on any atom is -0.466 e. The van der Waals surface area contributed by atoms with Crippen LogP contribution in [0.5, 0.6) is 0 Å². The third-order valence-corrected chi connectivity index (χ3v) is 7.16. The average Bonchev–Trinajstić information content (AvgIpc) is 3.33. The topological polar surface area (TPSA) is 127 Å². The van der Waals surface area contributed by atoms with Crippen molar-refractivity contribution in [1.29, 1.82) is 0 Å². The summed E-state index contributed by atoms with van der Waals surface area (Å²) < 4.78 is 7.03. The molecule has 11 heteroatoms. The molecule has 11 nitrogen and oxygen atoms in total. The second-order valence-electron chi connectivity index (χ2n) is 10.3. The van der Waals surface area contributed by atoms with Crippen molar-refractivity contribution in [2.24, 2.45) is 0 Å². The van der Waals surface area contributed by atoms with Gasteiger partial charge in [0.15, 0.2) is 0 Å². The van der Waals surface area contributed by atoms with Crippen molar-refractivity contribution in [3.8, 4) is 11.3 Å². The predicted molar refractivity (Wildman–Crippen MR) is 160 cm³/mol. The summed E-state index contributed by atoms with van der Waals surface area (Å²) in [5.41, 5.74) is 6.43. The number of ether oxygens (including phenoxy) is 1. The Morgan fingerprint density at radius 3 is 2.85 bits per heavy atom. The standard InChI is InChI=1S/C30H33N7O4/c1-19-15-25(31-12-14-35(2)3)26(37(39)40)16-24(19)33-30-32-17-21(10-11-27(38)41-4)28(34-30)23-18-36-13-6-8-20-7-5-9-22(23)29(20)36/h5,7,9-11,15-18,31H,6,8,12-14H2,1-4H3,(H,32,33,34)/b11-10+. The third-order valence-electron chi connectivity index (χ3n) is 7.16. The maximum Gasteiger partial charge on any atom is 0.330 e. The van der Waals surface area contributed by atoms with Crippen LogP contribution in [0.15, 0.2) is 48.8 Å². The van der Waals surface area contributed by atoms with Crippen LogP contribution in [0.4, 0.5) is 23.0 Å². The largest absolute Gasteiger partial charge is 0.466 e. The Morgan fingerprint density at radius 1 is 1.27 bits per heavy atom. The molecule has 2 aromatic heterocycles. The van der Waals surface area contributed by atoms with E-state index in [2.05, 4.69) is 44.6 Å². The summed E-state index contributed by atoms with van der Waals surface area (Å²) in [5.74, 6) is -0.198. The van der Waals surface area contributed by atoms with Gasteiger partial charge in [-0.1, -0.05) is 18.2 Å². The number of benzene rings is 2.